The van der Waals surface area contributed by atoms with Gasteiger partial charge in [0.25, 0.3) is 0 Å². The van der Waals surface area contributed by atoms with E-state index in [1.165, 1.54) is 16.0 Å². The van der Waals surface area contributed by atoms with Gasteiger partial charge in [-0.25, -0.2) is 0 Å². The summed E-state index contributed by atoms with van der Waals surface area (Å²) in [5, 5.41) is 6.41. The third-order valence-corrected chi connectivity index (χ3v) is 4.52. The first-order chi connectivity index (χ1) is 9.15. The van der Waals surface area contributed by atoms with Crippen molar-refractivity contribution in [2.45, 2.75) is 37.6 Å². The van der Waals surface area contributed by atoms with E-state index in [1.807, 2.05) is 0 Å². The van der Waals surface area contributed by atoms with Crippen LogP contribution in [0, 0.1) is 13.8 Å². The van der Waals surface area contributed by atoms with Crippen LogP contribution >= 0.6 is 24.2 Å². The zero-order valence-electron chi connectivity index (χ0n) is 12.1. The van der Waals surface area contributed by atoms with Gasteiger partial charge in [0, 0.05) is 17.5 Å². The number of amides is 1. The normalized spacial score (nSPS) is 18.2. The number of carbonyl (C=O) groups excluding carboxylic acids is 1. The maximum Gasteiger partial charge on any atom is 0.230 e. The quantitative estimate of drug-likeness (QED) is 0.840. The van der Waals surface area contributed by atoms with Crippen LogP contribution in [0.5, 0.6) is 0 Å². The zero-order chi connectivity index (χ0) is 13.7. The Balaban J connectivity index is 0.00000200. The Morgan fingerprint density at radius 3 is 2.95 bits per heavy atom. The molecule has 2 N–H and O–H groups in total. The highest BCUT2D eigenvalue weighted by molar-refractivity contribution is 8.00. The van der Waals surface area contributed by atoms with E-state index in [9.17, 15) is 4.79 Å². The molecule has 1 aromatic carbocycles. The van der Waals surface area contributed by atoms with E-state index in [2.05, 4.69) is 42.7 Å². The van der Waals surface area contributed by atoms with Gasteiger partial charge in [0.15, 0.2) is 0 Å². The van der Waals surface area contributed by atoms with Crippen LogP contribution in [0.2, 0.25) is 0 Å². The molecular weight excluding hydrogens is 292 g/mol. The number of hydrogen-bond donors (Lipinski definition) is 2. The highest BCUT2D eigenvalue weighted by atomic mass is 35.5. The van der Waals surface area contributed by atoms with Crippen molar-refractivity contribution in [1.82, 2.24) is 10.6 Å². The Hall–Kier alpha value is -0.710. The zero-order valence-corrected chi connectivity index (χ0v) is 13.7. The van der Waals surface area contributed by atoms with Crippen molar-refractivity contribution in [3.05, 3.63) is 29.3 Å². The van der Waals surface area contributed by atoms with Crippen molar-refractivity contribution in [1.29, 1.82) is 0 Å². The van der Waals surface area contributed by atoms with Crippen LogP contribution in [-0.2, 0) is 4.79 Å². The maximum atomic E-state index is 11.9. The lowest BCUT2D eigenvalue weighted by atomic mass is 10.1. The topological polar surface area (TPSA) is 41.1 Å². The Morgan fingerprint density at radius 2 is 2.25 bits per heavy atom. The number of hydrogen-bond acceptors (Lipinski definition) is 3. The molecule has 1 aromatic rings. The van der Waals surface area contributed by atoms with E-state index in [1.54, 1.807) is 11.8 Å². The second-order valence-corrected chi connectivity index (χ2v) is 6.19. The summed E-state index contributed by atoms with van der Waals surface area (Å²) in [5.41, 5.74) is 2.48. The van der Waals surface area contributed by atoms with Gasteiger partial charge in [0.05, 0.1) is 5.75 Å². The Morgan fingerprint density at radius 1 is 1.45 bits per heavy atom. The number of carbonyl (C=O) groups is 1. The van der Waals surface area contributed by atoms with E-state index >= 15 is 0 Å². The predicted octanol–water partition coefficient (Wildman–Crippen LogP) is 2.69. The summed E-state index contributed by atoms with van der Waals surface area (Å²) < 4.78 is 0. The van der Waals surface area contributed by atoms with Gasteiger partial charge in [-0.15, -0.1) is 24.2 Å². The molecule has 1 fully saturated rings. The molecule has 1 heterocycles. The molecule has 5 heteroatoms. The number of thioether (sulfide) groups is 1. The van der Waals surface area contributed by atoms with Crippen LogP contribution in [0.4, 0.5) is 0 Å². The van der Waals surface area contributed by atoms with Crippen molar-refractivity contribution in [2.24, 2.45) is 0 Å². The molecule has 0 spiro atoms. The van der Waals surface area contributed by atoms with Crippen LogP contribution < -0.4 is 10.6 Å². The molecule has 0 unspecified atom stereocenters. The van der Waals surface area contributed by atoms with Gasteiger partial charge in [-0.05, 0) is 44.9 Å². The number of aryl methyl sites for hydroxylation is 2. The summed E-state index contributed by atoms with van der Waals surface area (Å²) in [4.78, 5) is 13.1. The summed E-state index contributed by atoms with van der Waals surface area (Å²) in [7, 11) is 0. The average Bonchev–Trinajstić information content (AvgIpc) is 2.41. The van der Waals surface area contributed by atoms with E-state index in [0.29, 0.717) is 11.8 Å². The van der Waals surface area contributed by atoms with Crippen molar-refractivity contribution in [2.75, 3.05) is 18.8 Å². The first kappa shape index (κ1) is 17.3. The number of piperidine rings is 1. The van der Waals surface area contributed by atoms with Crippen LogP contribution in [0.25, 0.3) is 0 Å². The fourth-order valence-electron chi connectivity index (χ4n) is 2.25. The van der Waals surface area contributed by atoms with Gasteiger partial charge in [0.2, 0.25) is 5.91 Å². The Labute approximate surface area is 131 Å². The molecule has 1 aliphatic heterocycles. The van der Waals surface area contributed by atoms with Gasteiger partial charge in [-0.1, -0.05) is 17.7 Å². The van der Waals surface area contributed by atoms with E-state index < -0.39 is 0 Å². The molecule has 112 valence electrons. The lowest BCUT2D eigenvalue weighted by Gasteiger charge is -2.23. The number of rotatable bonds is 4. The van der Waals surface area contributed by atoms with E-state index in [0.717, 1.165) is 25.9 Å². The van der Waals surface area contributed by atoms with Crippen LogP contribution in [0.1, 0.15) is 24.0 Å². The smallest absolute Gasteiger partial charge is 0.230 e. The molecule has 1 aliphatic rings. The monoisotopic (exact) mass is 314 g/mol. The van der Waals surface area contributed by atoms with Gasteiger partial charge in [-0.2, -0.15) is 0 Å². The Kier molecular flexibility index (Phi) is 7.41. The second kappa shape index (κ2) is 8.55. The van der Waals surface area contributed by atoms with Gasteiger partial charge < -0.3 is 10.6 Å². The third kappa shape index (κ3) is 5.35. The molecule has 1 saturated heterocycles. The maximum absolute atomic E-state index is 11.9. The summed E-state index contributed by atoms with van der Waals surface area (Å²) in [6.45, 7) is 6.14. The fourth-order valence-corrected chi connectivity index (χ4v) is 3.19. The minimum absolute atomic E-state index is 0. The largest absolute Gasteiger partial charge is 0.351 e. The molecule has 1 amide bonds. The second-order valence-electron chi connectivity index (χ2n) is 5.17. The molecule has 20 heavy (non-hydrogen) atoms. The van der Waals surface area contributed by atoms with Crippen molar-refractivity contribution < 1.29 is 4.79 Å². The van der Waals surface area contributed by atoms with Gasteiger partial charge in [-0.3, -0.25) is 4.79 Å². The summed E-state index contributed by atoms with van der Waals surface area (Å²) in [6, 6.07) is 6.67. The van der Waals surface area contributed by atoms with E-state index in [4.69, 9.17) is 0 Å². The number of halogens is 1. The molecule has 3 nitrogen and oxygen atoms in total. The average molecular weight is 315 g/mol. The molecule has 0 bridgehead atoms. The molecule has 0 aromatic heterocycles. The summed E-state index contributed by atoms with van der Waals surface area (Å²) in [5.74, 6) is 0.639. The van der Waals surface area contributed by atoms with E-state index in [-0.39, 0.29) is 18.3 Å². The highest BCUT2D eigenvalue weighted by Gasteiger charge is 2.15. The molecule has 0 saturated carbocycles. The third-order valence-electron chi connectivity index (χ3n) is 3.36. The minimum atomic E-state index is 0. The minimum Gasteiger partial charge on any atom is -0.351 e. The molecular formula is C15H23ClN2OS. The standard InChI is InChI=1S/C15H22N2OS.ClH/c1-11-5-6-12(2)14(8-11)19-10-15(18)17-13-4-3-7-16-9-13;/h5-6,8,13,16H,3-4,7,9-10H2,1-2H3,(H,17,18);1H/t13-;/m0./s1. The lowest BCUT2D eigenvalue weighted by Crippen LogP contribution is -2.46. The Bertz CT molecular complexity index is 447. The van der Waals surface area contributed by atoms with Crippen molar-refractivity contribution >= 4 is 30.1 Å². The van der Waals surface area contributed by atoms with Crippen molar-refractivity contribution in [3.63, 3.8) is 0 Å². The number of benzene rings is 1. The van der Waals surface area contributed by atoms with Crippen LogP contribution in [-0.4, -0.2) is 30.8 Å². The highest BCUT2D eigenvalue weighted by Crippen LogP contribution is 2.23. The van der Waals surface area contributed by atoms with Crippen LogP contribution in [0.15, 0.2) is 23.1 Å². The number of nitrogens with one attached hydrogen (secondary N) is 2. The van der Waals surface area contributed by atoms with Crippen LogP contribution in [0.3, 0.4) is 0 Å². The molecule has 0 radical (unpaired) electrons. The SMILES string of the molecule is Cc1ccc(C)c(SCC(=O)N[C@H]2CCCNC2)c1.Cl. The first-order valence-electron chi connectivity index (χ1n) is 6.85. The molecule has 0 aliphatic carbocycles. The molecule has 1 atom stereocenters. The first-order valence-corrected chi connectivity index (χ1v) is 7.84. The van der Waals surface area contributed by atoms with Gasteiger partial charge in [0.1, 0.15) is 0 Å². The summed E-state index contributed by atoms with van der Waals surface area (Å²) in [6.07, 6.45) is 2.24. The summed E-state index contributed by atoms with van der Waals surface area (Å²) >= 11 is 1.63. The lowest BCUT2D eigenvalue weighted by molar-refractivity contribution is -0.119. The van der Waals surface area contributed by atoms with Crippen molar-refractivity contribution in [3.8, 4) is 0 Å². The predicted molar refractivity (Wildman–Crippen MR) is 87.9 cm³/mol. The fraction of sp³-hybridized carbons (Fsp3) is 0.533. The molecule has 2 rings (SSSR count). The van der Waals surface area contributed by atoms with Gasteiger partial charge >= 0.3 is 0 Å².